The first-order valence-corrected chi connectivity index (χ1v) is 8.52. The Labute approximate surface area is 124 Å². The SMILES string of the molecule is CN(CC(C)(C)CN)S(=O)(=O)CC1CCCCC1.Cl. The smallest absolute Gasteiger partial charge is 0.214 e. The average Bonchev–Trinajstić information content (AvgIpc) is 2.29. The van der Waals surface area contributed by atoms with Crippen LogP contribution in [0.5, 0.6) is 0 Å². The molecule has 4 nitrogen and oxygen atoms in total. The summed E-state index contributed by atoms with van der Waals surface area (Å²) in [6, 6.07) is 0. The molecule has 6 heteroatoms. The maximum absolute atomic E-state index is 12.3. The van der Waals surface area contributed by atoms with Crippen LogP contribution in [0.15, 0.2) is 0 Å². The molecular formula is C13H29ClN2O2S. The molecule has 1 saturated carbocycles. The predicted molar refractivity (Wildman–Crippen MR) is 83.1 cm³/mol. The van der Waals surface area contributed by atoms with Crippen molar-refractivity contribution in [3.8, 4) is 0 Å². The molecule has 0 aromatic carbocycles. The van der Waals surface area contributed by atoms with Gasteiger partial charge in [-0.3, -0.25) is 0 Å². The van der Waals surface area contributed by atoms with E-state index >= 15 is 0 Å². The van der Waals surface area contributed by atoms with E-state index in [1.165, 1.54) is 23.6 Å². The summed E-state index contributed by atoms with van der Waals surface area (Å²) in [5.41, 5.74) is 5.50. The molecule has 0 radical (unpaired) electrons. The normalized spacial score (nSPS) is 18.4. The molecular weight excluding hydrogens is 284 g/mol. The van der Waals surface area contributed by atoms with Gasteiger partial charge in [-0.1, -0.05) is 33.1 Å². The highest BCUT2D eigenvalue weighted by Crippen LogP contribution is 2.26. The minimum absolute atomic E-state index is 0. The highest BCUT2D eigenvalue weighted by atomic mass is 35.5. The van der Waals surface area contributed by atoms with Crippen LogP contribution in [-0.4, -0.2) is 38.6 Å². The first-order chi connectivity index (χ1) is 8.27. The van der Waals surface area contributed by atoms with Gasteiger partial charge in [-0.2, -0.15) is 0 Å². The van der Waals surface area contributed by atoms with E-state index in [2.05, 4.69) is 0 Å². The van der Waals surface area contributed by atoms with E-state index in [0.29, 0.717) is 24.8 Å². The standard InChI is InChI=1S/C13H28N2O2S.ClH/c1-13(2,10-14)11-15(3)18(16,17)9-12-7-5-4-6-8-12;/h12H,4-11,14H2,1-3H3;1H. The van der Waals surface area contributed by atoms with E-state index in [0.717, 1.165) is 12.8 Å². The molecule has 0 unspecified atom stereocenters. The van der Waals surface area contributed by atoms with Gasteiger partial charge in [0.05, 0.1) is 5.75 Å². The second-order valence-corrected chi connectivity index (χ2v) is 8.53. The number of sulfonamides is 1. The predicted octanol–water partition coefficient (Wildman–Crippen LogP) is 2.24. The molecule has 116 valence electrons. The third kappa shape index (κ3) is 6.43. The maximum atomic E-state index is 12.3. The number of hydrogen-bond donors (Lipinski definition) is 1. The quantitative estimate of drug-likeness (QED) is 0.818. The molecule has 0 aromatic rings. The molecule has 0 heterocycles. The van der Waals surface area contributed by atoms with Crippen LogP contribution in [0.3, 0.4) is 0 Å². The Hall–Kier alpha value is 0.160. The highest BCUT2D eigenvalue weighted by molar-refractivity contribution is 7.89. The first-order valence-electron chi connectivity index (χ1n) is 6.91. The molecule has 2 N–H and O–H groups in total. The van der Waals surface area contributed by atoms with Gasteiger partial charge in [0.15, 0.2) is 0 Å². The van der Waals surface area contributed by atoms with Gasteiger partial charge < -0.3 is 5.73 Å². The Kier molecular flexibility index (Phi) is 7.88. The van der Waals surface area contributed by atoms with E-state index in [9.17, 15) is 8.42 Å². The average molecular weight is 313 g/mol. The van der Waals surface area contributed by atoms with Gasteiger partial charge in [-0.15, -0.1) is 12.4 Å². The van der Waals surface area contributed by atoms with Crippen LogP contribution in [-0.2, 0) is 10.0 Å². The molecule has 0 bridgehead atoms. The van der Waals surface area contributed by atoms with E-state index in [4.69, 9.17) is 5.73 Å². The molecule has 0 aliphatic heterocycles. The summed E-state index contributed by atoms with van der Waals surface area (Å²) in [5.74, 6) is 0.664. The van der Waals surface area contributed by atoms with E-state index in [1.54, 1.807) is 7.05 Å². The summed E-state index contributed by atoms with van der Waals surface area (Å²) < 4.78 is 26.0. The zero-order valence-electron chi connectivity index (χ0n) is 12.4. The van der Waals surface area contributed by atoms with Gasteiger partial charge >= 0.3 is 0 Å². The third-order valence-corrected chi connectivity index (χ3v) is 5.82. The van der Waals surface area contributed by atoms with Gasteiger partial charge in [0, 0.05) is 13.6 Å². The topological polar surface area (TPSA) is 63.4 Å². The number of rotatable bonds is 6. The molecule has 19 heavy (non-hydrogen) atoms. The van der Waals surface area contributed by atoms with Crippen molar-refractivity contribution in [2.45, 2.75) is 46.0 Å². The minimum Gasteiger partial charge on any atom is -0.330 e. The van der Waals surface area contributed by atoms with Crippen LogP contribution < -0.4 is 5.73 Å². The fraction of sp³-hybridized carbons (Fsp3) is 1.00. The van der Waals surface area contributed by atoms with Crippen molar-refractivity contribution >= 4 is 22.4 Å². The second kappa shape index (κ2) is 7.81. The number of halogens is 1. The van der Waals surface area contributed by atoms with Gasteiger partial charge in [-0.05, 0) is 30.7 Å². The van der Waals surface area contributed by atoms with Crippen LogP contribution in [0.25, 0.3) is 0 Å². The molecule has 1 fully saturated rings. The van der Waals surface area contributed by atoms with Crippen LogP contribution in [0.1, 0.15) is 46.0 Å². The van der Waals surface area contributed by atoms with E-state index < -0.39 is 10.0 Å². The first kappa shape index (κ1) is 19.2. The van der Waals surface area contributed by atoms with Crippen molar-refractivity contribution in [2.24, 2.45) is 17.1 Å². The molecule has 1 aliphatic rings. The lowest BCUT2D eigenvalue weighted by atomic mass is 9.91. The second-order valence-electron chi connectivity index (χ2n) is 6.41. The molecule has 0 spiro atoms. The summed E-state index contributed by atoms with van der Waals surface area (Å²) in [4.78, 5) is 0. The molecule has 0 atom stereocenters. The minimum atomic E-state index is -3.13. The Morgan fingerprint density at radius 1 is 1.21 bits per heavy atom. The number of nitrogens with zero attached hydrogens (tertiary/aromatic N) is 1. The molecule has 1 aliphatic carbocycles. The monoisotopic (exact) mass is 312 g/mol. The highest BCUT2D eigenvalue weighted by Gasteiger charge is 2.28. The zero-order chi connectivity index (χ0) is 13.8. The van der Waals surface area contributed by atoms with Crippen LogP contribution in [0.2, 0.25) is 0 Å². The van der Waals surface area contributed by atoms with Gasteiger partial charge in [0.2, 0.25) is 10.0 Å². The fourth-order valence-electron chi connectivity index (χ4n) is 2.54. The Morgan fingerprint density at radius 3 is 2.21 bits per heavy atom. The van der Waals surface area contributed by atoms with E-state index in [-0.39, 0.29) is 17.8 Å². The van der Waals surface area contributed by atoms with E-state index in [1.807, 2.05) is 13.8 Å². The van der Waals surface area contributed by atoms with Gasteiger partial charge in [-0.25, -0.2) is 12.7 Å². The largest absolute Gasteiger partial charge is 0.330 e. The lowest BCUT2D eigenvalue weighted by molar-refractivity contribution is 0.288. The van der Waals surface area contributed by atoms with Crippen molar-refractivity contribution in [3.63, 3.8) is 0 Å². The Bertz CT molecular complexity index is 352. The summed E-state index contributed by atoms with van der Waals surface area (Å²) >= 11 is 0. The third-order valence-electron chi connectivity index (χ3n) is 3.85. The maximum Gasteiger partial charge on any atom is 0.214 e. The summed E-state index contributed by atoms with van der Waals surface area (Å²) in [5, 5.41) is 0. The van der Waals surface area contributed by atoms with Crippen LogP contribution >= 0.6 is 12.4 Å². The zero-order valence-corrected chi connectivity index (χ0v) is 14.0. The van der Waals surface area contributed by atoms with Gasteiger partial charge in [0.1, 0.15) is 0 Å². The summed E-state index contributed by atoms with van der Waals surface area (Å²) in [6.45, 7) is 4.99. The number of nitrogens with two attached hydrogens (primary N) is 1. The van der Waals surface area contributed by atoms with Crippen molar-refractivity contribution in [1.82, 2.24) is 4.31 Å². The molecule has 0 aromatic heterocycles. The molecule has 0 saturated heterocycles. The van der Waals surface area contributed by atoms with Gasteiger partial charge in [0.25, 0.3) is 0 Å². The summed E-state index contributed by atoms with van der Waals surface area (Å²) in [6.07, 6.45) is 5.74. The Balaban J connectivity index is 0.00000324. The van der Waals surface area contributed by atoms with Crippen molar-refractivity contribution in [2.75, 3.05) is 25.9 Å². The summed E-state index contributed by atoms with van der Waals surface area (Å²) in [7, 11) is -1.45. The van der Waals surface area contributed by atoms with Crippen molar-refractivity contribution in [1.29, 1.82) is 0 Å². The molecule has 0 amide bonds. The Morgan fingerprint density at radius 2 is 1.74 bits per heavy atom. The fourth-order valence-corrected chi connectivity index (χ4v) is 4.27. The van der Waals surface area contributed by atoms with Crippen LogP contribution in [0.4, 0.5) is 0 Å². The lowest BCUT2D eigenvalue weighted by Gasteiger charge is -2.30. The van der Waals surface area contributed by atoms with Crippen molar-refractivity contribution in [3.05, 3.63) is 0 Å². The van der Waals surface area contributed by atoms with Crippen LogP contribution in [0, 0.1) is 11.3 Å². The number of hydrogen-bond acceptors (Lipinski definition) is 3. The molecule has 1 rings (SSSR count). The van der Waals surface area contributed by atoms with Crippen molar-refractivity contribution < 1.29 is 8.42 Å². The lowest BCUT2D eigenvalue weighted by Crippen LogP contribution is -2.41.